The SMILES string of the molecule is CCS[C@@H]1O[C@@H]2COC(c3ccccc3)O[C@@H]2[C@H](OC(=O)CCl)[C@H]1OCc1ccccc1. The summed E-state index contributed by atoms with van der Waals surface area (Å²) >= 11 is 7.38. The third-order valence-corrected chi connectivity index (χ3v) is 6.61. The molecule has 172 valence electrons. The second-order valence-corrected chi connectivity index (χ2v) is 9.17. The van der Waals surface area contributed by atoms with Gasteiger partial charge < -0.3 is 23.7 Å². The molecule has 6 atom stereocenters. The number of rotatable bonds is 8. The number of fused-ring (bicyclic) bond motifs is 1. The van der Waals surface area contributed by atoms with Crippen molar-refractivity contribution in [2.75, 3.05) is 18.2 Å². The Morgan fingerprint density at radius 1 is 1.06 bits per heavy atom. The lowest BCUT2D eigenvalue weighted by atomic mass is 9.98. The fourth-order valence-electron chi connectivity index (χ4n) is 3.88. The summed E-state index contributed by atoms with van der Waals surface area (Å²) in [5, 5.41) is 0. The van der Waals surface area contributed by atoms with Gasteiger partial charge in [0.1, 0.15) is 29.6 Å². The molecular weight excluding hydrogens is 452 g/mol. The van der Waals surface area contributed by atoms with E-state index < -0.39 is 30.6 Å². The van der Waals surface area contributed by atoms with Crippen LogP contribution in [0.2, 0.25) is 0 Å². The van der Waals surface area contributed by atoms with Crippen molar-refractivity contribution < 1.29 is 28.5 Å². The lowest BCUT2D eigenvalue weighted by Crippen LogP contribution is -2.62. The van der Waals surface area contributed by atoms with E-state index in [9.17, 15) is 4.79 Å². The largest absolute Gasteiger partial charge is 0.456 e. The molecule has 0 spiro atoms. The molecule has 6 nitrogen and oxygen atoms in total. The first-order valence-corrected chi connectivity index (χ1v) is 12.3. The van der Waals surface area contributed by atoms with Crippen LogP contribution in [0.1, 0.15) is 24.3 Å². The van der Waals surface area contributed by atoms with Crippen molar-refractivity contribution in [3.8, 4) is 0 Å². The van der Waals surface area contributed by atoms with Crippen LogP contribution in [0.5, 0.6) is 0 Å². The summed E-state index contributed by atoms with van der Waals surface area (Å²) in [5.41, 5.74) is 1.58. The molecule has 1 unspecified atom stereocenters. The molecule has 4 rings (SSSR count). The van der Waals surface area contributed by atoms with E-state index in [1.54, 1.807) is 11.8 Å². The average Bonchev–Trinajstić information content (AvgIpc) is 2.84. The highest BCUT2D eigenvalue weighted by Crippen LogP contribution is 2.39. The molecule has 0 aromatic heterocycles. The molecule has 0 saturated carbocycles. The highest BCUT2D eigenvalue weighted by Gasteiger charge is 2.52. The van der Waals surface area contributed by atoms with Gasteiger partial charge in [-0.15, -0.1) is 23.4 Å². The van der Waals surface area contributed by atoms with E-state index in [2.05, 4.69) is 0 Å². The van der Waals surface area contributed by atoms with Crippen molar-refractivity contribution in [1.29, 1.82) is 0 Å². The number of benzene rings is 2. The van der Waals surface area contributed by atoms with Crippen LogP contribution in [0, 0.1) is 0 Å². The maximum atomic E-state index is 12.2. The summed E-state index contributed by atoms with van der Waals surface area (Å²) in [5.74, 6) is 0.0551. The fraction of sp³-hybridized carbons (Fsp3) is 0.458. The lowest BCUT2D eigenvalue weighted by molar-refractivity contribution is -0.324. The Morgan fingerprint density at radius 2 is 1.78 bits per heavy atom. The number of hydrogen-bond donors (Lipinski definition) is 0. The number of halogens is 1. The van der Waals surface area contributed by atoms with Crippen LogP contribution in [-0.4, -0.2) is 54.1 Å². The average molecular weight is 479 g/mol. The lowest BCUT2D eigenvalue weighted by Gasteiger charge is -2.48. The van der Waals surface area contributed by atoms with Crippen LogP contribution >= 0.6 is 23.4 Å². The normalized spacial score (nSPS) is 29.8. The summed E-state index contributed by atoms with van der Waals surface area (Å²) in [6, 6.07) is 19.5. The number of carbonyl (C=O) groups excluding carboxylic acids is 1. The topological polar surface area (TPSA) is 63.2 Å². The van der Waals surface area contributed by atoms with E-state index in [0.717, 1.165) is 16.9 Å². The second kappa shape index (κ2) is 11.5. The molecule has 2 heterocycles. The van der Waals surface area contributed by atoms with Crippen LogP contribution in [-0.2, 0) is 35.1 Å². The van der Waals surface area contributed by atoms with Crippen molar-refractivity contribution in [3.05, 3.63) is 71.8 Å². The first-order valence-electron chi connectivity index (χ1n) is 10.7. The van der Waals surface area contributed by atoms with Crippen LogP contribution < -0.4 is 0 Å². The summed E-state index contributed by atoms with van der Waals surface area (Å²) < 4.78 is 30.6. The summed E-state index contributed by atoms with van der Waals surface area (Å²) in [6.45, 7) is 2.74. The zero-order valence-electron chi connectivity index (χ0n) is 17.8. The van der Waals surface area contributed by atoms with E-state index >= 15 is 0 Å². The molecule has 2 fully saturated rings. The van der Waals surface area contributed by atoms with E-state index in [4.69, 9.17) is 35.3 Å². The Labute approximate surface area is 197 Å². The highest BCUT2D eigenvalue weighted by molar-refractivity contribution is 7.99. The minimum atomic E-state index is -0.678. The minimum Gasteiger partial charge on any atom is -0.456 e. The smallest absolute Gasteiger partial charge is 0.321 e. The van der Waals surface area contributed by atoms with Crippen molar-refractivity contribution in [1.82, 2.24) is 0 Å². The van der Waals surface area contributed by atoms with Crippen LogP contribution in [0.3, 0.4) is 0 Å². The highest BCUT2D eigenvalue weighted by atomic mass is 35.5. The van der Waals surface area contributed by atoms with Gasteiger partial charge in [-0.1, -0.05) is 67.6 Å². The van der Waals surface area contributed by atoms with Crippen LogP contribution in [0.4, 0.5) is 0 Å². The maximum Gasteiger partial charge on any atom is 0.321 e. The zero-order chi connectivity index (χ0) is 22.3. The molecular formula is C24H27ClO6S. The van der Waals surface area contributed by atoms with Gasteiger partial charge in [0, 0.05) is 5.56 Å². The maximum absolute atomic E-state index is 12.2. The number of hydrogen-bond acceptors (Lipinski definition) is 7. The van der Waals surface area contributed by atoms with Gasteiger partial charge in [-0.25, -0.2) is 0 Å². The van der Waals surface area contributed by atoms with Gasteiger partial charge in [-0.3, -0.25) is 4.79 Å². The Balaban J connectivity index is 1.58. The summed E-state index contributed by atoms with van der Waals surface area (Å²) in [4.78, 5) is 12.2. The molecule has 0 radical (unpaired) electrons. The molecule has 2 aliphatic heterocycles. The molecule has 2 aromatic rings. The Bertz CT molecular complexity index is 854. The standard InChI is InChI=1S/C24H27ClO6S/c1-2-32-24-22(27-14-16-9-5-3-6-10-16)21(30-19(26)13-25)20-18(29-24)15-28-23(31-20)17-11-7-4-8-12-17/h3-12,18,20-24H,2,13-15H2,1H3/t18-,20+,21+,22-,23?,24+/m1/s1. The molecule has 2 aromatic carbocycles. The van der Waals surface area contributed by atoms with Gasteiger partial charge in [-0.05, 0) is 11.3 Å². The van der Waals surface area contributed by atoms with Crippen LogP contribution in [0.15, 0.2) is 60.7 Å². The Kier molecular flexibility index (Phi) is 8.46. The third-order valence-electron chi connectivity index (χ3n) is 5.35. The molecule has 0 aliphatic carbocycles. The van der Waals surface area contributed by atoms with Gasteiger partial charge >= 0.3 is 5.97 Å². The van der Waals surface area contributed by atoms with E-state index in [-0.39, 0.29) is 17.4 Å². The molecule has 0 N–H and O–H groups in total. The number of carbonyl (C=O) groups is 1. The second-order valence-electron chi connectivity index (χ2n) is 7.52. The van der Waals surface area contributed by atoms with E-state index in [0.29, 0.717) is 13.2 Å². The molecule has 8 heteroatoms. The number of esters is 1. The molecule has 32 heavy (non-hydrogen) atoms. The van der Waals surface area contributed by atoms with Crippen molar-refractivity contribution in [3.63, 3.8) is 0 Å². The Morgan fingerprint density at radius 3 is 2.47 bits per heavy atom. The van der Waals surface area contributed by atoms with Crippen molar-refractivity contribution in [2.24, 2.45) is 0 Å². The number of ether oxygens (including phenoxy) is 5. The number of alkyl halides is 1. The summed E-state index contributed by atoms with van der Waals surface area (Å²) in [6.07, 6.45) is -2.71. The summed E-state index contributed by atoms with van der Waals surface area (Å²) in [7, 11) is 0. The monoisotopic (exact) mass is 478 g/mol. The quantitative estimate of drug-likeness (QED) is 0.413. The van der Waals surface area contributed by atoms with Gasteiger partial charge in [0.15, 0.2) is 12.4 Å². The van der Waals surface area contributed by atoms with E-state index in [1.165, 1.54) is 0 Å². The van der Waals surface area contributed by atoms with Crippen molar-refractivity contribution in [2.45, 2.75) is 49.7 Å². The van der Waals surface area contributed by atoms with Crippen molar-refractivity contribution >= 4 is 29.3 Å². The van der Waals surface area contributed by atoms with Gasteiger partial charge in [-0.2, -0.15) is 0 Å². The Hall–Kier alpha value is -1.61. The minimum absolute atomic E-state index is 0.246. The molecule has 0 bridgehead atoms. The third kappa shape index (κ3) is 5.65. The van der Waals surface area contributed by atoms with Gasteiger partial charge in [0.25, 0.3) is 0 Å². The first-order chi connectivity index (χ1) is 15.7. The predicted octanol–water partition coefficient (Wildman–Crippen LogP) is 4.31. The van der Waals surface area contributed by atoms with Gasteiger partial charge in [0.2, 0.25) is 0 Å². The molecule has 0 amide bonds. The number of thioether (sulfide) groups is 1. The molecule has 2 aliphatic rings. The zero-order valence-corrected chi connectivity index (χ0v) is 19.4. The molecule has 2 saturated heterocycles. The van der Waals surface area contributed by atoms with Gasteiger partial charge in [0.05, 0.1) is 13.2 Å². The predicted molar refractivity (Wildman–Crippen MR) is 122 cm³/mol. The van der Waals surface area contributed by atoms with Crippen LogP contribution in [0.25, 0.3) is 0 Å². The van der Waals surface area contributed by atoms with E-state index in [1.807, 2.05) is 67.6 Å². The fourth-order valence-corrected chi connectivity index (χ4v) is 4.92. The first kappa shape index (κ1) is 23.5.